The standard InChI is InChI=1S/C23H23N7O3/c1-12-3-5-16(13(2)7-12)27-22(32)20-19(21(24)31)26-11-30(20)23-28-17-6-4-14(8-18(17)29-23)33-15-9-25-10-15/h3-8,11,15,25H,9-10H2,1-2H3,(H2,24,31)(H,27,32)(H,28,29). The van der Waals surface area contributed by atoms with E-state index in [-0.39, 0.29) is 17.5 Å². The van der Waals surface area contributed by atoms with Crippen LogP contribution in [0.25, 0.3) is 17.0 Å². The molecule has 0 spiro atoms. The van der Waals surface area contributed by atoms with E-state index in [0.717, 1.165) is 35.5 Å². The summed E-state index contributed by atoms with van der Waals surface area (Å²) in [7, 11) is 0. The van der Waals surface area contributed by atoms with Gasteiger partial charge in [-0.25, -0.2) is 9.97 Å². The third-order valence-electron chi connectivity index (χ3n) is 5.56. The third-order valence-corrected chi connectivity index (χ3v) is 5.56. The predicted octanol–water partition coefficient (Wildman–Crippen LogP) is 2.07. The molecule has 3 heterocycles. The van der Waals surface area contributed by atoms with Gasteiger partial charge in [0.25, 0.3) is 11.8 Å². The Morgan fingerprint density at radius 1 is 1.18 bits per heavy atom. The van der Waals surface area contributed by atoms with Crippen LogP contribution in [0.3, 0.4) is 0 Å². The summed E-state index contributed by atoms with van der Waals surface area (Å²) in [6, 6.07) is 11.2. The molecule has 2 aromatic carbocycles. The number of nitrogens with zero attached hydrogens (tertiary/aromatic N) is 3. The molecule has 0 bridgehead atoms. The molecule has 33 heavy (non-hydrogen) atoms. The lowest BCUT2D eigenvalue weighted by Gasteiger charge is -2.27. The number of rotatable bonds is 6. The highest BCUT2D eigenvalue weighted by atomic mass is 16.5. The van der Waals surface area contributed by atoms with Crippen molar-refractivity contribution < 1.29 is 14.3 Å². The van der Waals surface area contributed by atoms with Gasteiger partial charge < -0.3 is 26.1 Å². The summed E-state index contributed by atoms with van der Waals surface area (Å²) in [5, 5.41) is 6.01. The van der Waals surface area contributed by atoms with E-state index < -0.39 is 11.8 Å². The smallest absolute Gasteiger partial charge is 0.275 e. The number of carbonyl (C=O) groups excluding carboxylic acids is 2. The molecule has 10 nitrogen and oxygen atoms in total. The van der Waals surface area contributed by atoms with Crippen LogP contribution in [0.15, 0.2) is 42.7 Å². The van der Waals surface area contributed by atoms with Crippen molar-refractivity contribution >= 4 is 28.5 Å². The average molecular weight is 445 g/mol. The lowest BCUT2D eigenvalue weighted by Crippen LogP contribution is -2.50. The number of hydrogen-bond donors (Lipinski definition) is 4. The van der Waals surface area contributed by atoms with Gasteiger partial charge in [0, 0.05) is 24.8 Å². The van der Waals surface area contributed by atoms with Crippen molar-refractivity contribution in [3.63, 3.8) is 0 Å². The number of hydrogen-bond acceptors (Lipinski definition) is 6. The maximum atomic E-state index is 13.2. The molecular weight excluding hydrogens is 422 g/mol. The molecule has 0 unspecified atom stereocenters. The third kappa shape index (κ3) is 3.92. The quantitative estimate of drug-likeness (QED) is 0.358. The van der Waals surface area contributed by atoms with Gasteiger partial charge in [0.2, 0.25) is 5.95 Å². The molecule has 2 amide bonds. The van der Waals surface area contributed by atoms with Crippen LogP contribution in [0.2, 0.25) is 0 Å². The van der Waals surface area contributed by atoms with E-state index in [1.807, 2.05) is 50.2 Å². The van der Waals surface area contributed by atoms with E-state index in [0.29, 0.717) is 17.2 Å². The fraction of sp³-hybridized carbons (Fsp3) is 0.217. The Hall–Kier alpha value is -4.18. The average Bonchev–Trinajstić information content (AvgIpc) is 3.36. The highest BCUT2D eigenvalue weighted by Crippen LogP contribution is 2.24. The number of aromatic nitrogens is 4. The van der Waals surface area contributed by atoms with Gasteiger partial charge in [-0.1, -0.05) is 17.7 Å². The van der Waals surface area contributed by atoms with Crippen LogP contribution in [-0.2, 0) is 0 Å². The Balaban J connectivity index is 1.51. The molecular formula is C23H23N7O3. The molecule has 168 valence electrons. The zero-order chi connectivity index (χ0) is 23.1. The minimum atomic E-state index is -0.805. The summed E-state index contributed by atoms with van der Waals surface area (Å²) in [4.78, 5) is 37.0. The largest absolute Gasteiger partial charge is 0.488 e. The second kappa shape index (κ2) is 8.06. The number of fused-ring (bicyclic) bond motifs is 1. The molecule has 4 aromatic rings. The summed E-state index contributed by atoms with van der Waals surface area (Å²) in [5.74, 6) is -0.269. The summed E-state index contributed by atoms with van der Waals surface area (Å²) < 4.78 is 7.33. The van der Waals surface area contributed by atoms with Crippen LogP contribution >= 0.6 is 0 Å². The van der Waals surface area contributed by atoms with Crippen LogP contribution in [0.4, 0.5) is 5.69 Å². The highest BCUT2D eigenvalue weighted by Gasteiger charge is 2.25. The Morgan fingerprint density at radius 2 is 2.00 bits per heavy atom. The molecule has 0 radical (unpaired) electrons. The lowest BCUT2D eigenvalue weighted by atomic mass is 10.1. The molecule has 0 aliphatic carbocycles. The zero-order valence-electron chi connectivity index (χ0n) is 18.2. The Morgan fingerprint density at radius 3 is 2.70 bits per heavy atom. The Bertz CT molecular complexity index is 1380. The SMILES string of the molecule is Cc1ccc(NC(=O)c2c(C(N)=O)ncn2-c2nc3ccc(OC4CNC4)cc3[nH]2)c(C)c1. The van der Waals surface area contributed by atoms with Crippen LogP contribution in [0.5, 0.6) is 5.75 Å². The fourth-order valence-corrected chi connectivity index (χ4v) is 3.74. The van der Waals surface area contributed by atoms with Crippen LogP contribution < -0.4 is 21.1 Å². The number of benzene rings is 2. The topological polar surface area (TPSA) is 140 Å². The van der Waals surface area contributed by atoms with Gasteiger partial charge in [0.15, 0.2) is 5.69 Å². The van der Waals surface area contributed by atoms with E-state index in [1.54, 1.807) is 0 Å². The number of H-pyrrole nitrogens is 1. The maximum absolute atomic E-state index is 13.2. The normalized spacial score (nSPS) is 13.6. The van der Waals surface area contributed by atoms with E-state index in [1.165, 1.54) is 10.9 Å². The van der Waals surface area contributed by atoms with E-state index in [2.05, 4.69) is 25.6 Å². The van der Waals surface area contributed by atoms with Gasteiger partial charge in [-0.2, -0.15) is 0 Å². The molecule has 5 N–H and O–H groups in total. The minimum Gasteiger partial charge on any atom is -0.488 e. The first-order valence-corrected chi connectivity index (χ1v) is 10.5. The van der Waals surface area contributed by atoms with E-state index >= 15 is 0 Å². The fourth-order valence-electron chi connectivity index (χ4n) is 3.74. The van der Waals surface area contributed by atoms with Gasteiger partial charge in [0.05, 0.1) is 11.0 Å². The van der Waals surface area contributed by atoms with Crippen molar-refractivity contribution in [1.29, 1.82) is 0 Å². The number of amides is 2. The summed E-state index contributed by atoms with van der Waals surface area (Å²) in [6.07, 6.45) is 1.50. The number of nitrogens with one attached hydrogen (secondary N) is 3. The number of primary amides is 1. The monoisotopic (exact) mass is 445 g/mol. The highest BCUT2D eigenvalue weighted by molar-refractivity contribution is 6.10. The van der Waals surface area contributed by atoms with Crippen LogP contribution in [-0.4, -0.2) is 50.5 Å². The molecule has 1 fully saturated rings. The summed E-state index contributed by atoms with van der Waals surface area (Å²) in [5.41, 5.74) is 9.37. The number of aromatic amines is 1. The molecule has 2 aromatic heterocycles. The number of ether oxygens (including phenoxy) is 1. The molecule has 1 aliphatic rings. The maximum Gasteiger partial charge on any atom is 0.275 e. The van der Waals surface area contributed by atoms with Crippen LogP contribution in [0, 0.1) is 13.8 Å². The molecule has 1 aliphatic heterocycles. The van der Waals surface area contributed by atoms with Crippen LogP contribution in [0.1, 0.15) is 32.1 Å². The first kappa shape index (κ1) is 20.7. The minimum absolute atomic E-state index is 0.00135. The van der Waals surface area contributed by atoms with Crippen molar-refractivity contribution in [1.82, 2.24) is 24.8 Å². The van der Waals surface area contributed by atoms with Crippen molar-refractivity contribution in [2.24, 2.45) is 5.73 Å². The predicted molar refractivity (Wildman–Crippen MR) is 123 cm³/mol. The summed E-state index contributed by atoms with van der Waals surface area (Å²) >= 11 is 0. The van der Waals surface area contributed by atoms with Gasteiger partial charge in [0.1, 0.15) is 23.9 Å². The second-order valence-corrected chi connectivity index (χ2v) is 8.09. The van der Waals surface area contributed by atoms with Gasteiger partial charge >= 0.3 is 0 Å². The number of aryl methyl sites for hydroxylation is 2. The second-order valence-electron chi connectivity index (χ2n) is 8.09. The van der Waals surface area contributed by atoms with E-state index in [9.17, 15) is 9.59 Å². The Labute approximate surface area is 189 Å². The number of imidazole rings is 2. The lowest BCUT2D eigenvalue weighted by molar-refractivity contribution is 0.0971. The van der Waals surface area contributed by atoms with Crippen molar-refractivity contribution in [2.75, 3.05) is 18.4 Å². The van der Waals surface area contributed by atoms with Crippen molar-refractivity contribution in [2.45, 2.75) is 20.0 Å². The zero-order valence-corrected chi connectivity index (χ0v) is 18.2. The molecule has 10 heteroatoms. The first-order chi connectivity index (χ1) is 15.9. The number of anilines is 1. The Kier molecular flexibility index (Phi) is 5.06. The molecule has 0 saturated carbocycles. The van der Waals surface area contributed by atoms with Crippen molar-refractivity contribution in [3.8, 4) is 11.7 Å². The molecule has 0 atom stereocenters. The first-order valence-electron chi connectivity index (χ1n) is 10.5. The van der Waals surface area contributed by atoms with Crippen molar-refractivity contribution in [3.05, 3.63) is 65.2 Å². The van der Waals surface area contributed by atoms with E-state index in [4.69, 9.17) is 10.5 Å². The molecule has 5 rings (SSSR count). The number of nitrogens with two attached hydrogens (primary N) is 1. The summed E-state index contributed by atoms with van der Waals surface area (Å²) in [6.45, 7) is 5.50. The van der Waals surface area contributed by atoms with Gasteiger partial charge in [-0.15, -0.1) is 0 Å². The van der Waals surface area contributed by atoms with Gasteiger partial charge in [-0.05, 0) is 37.6 Å². The molecule has 1 saturated heterocycles. The van der Waals surface area contributed by atoms with Gasteiger partial charge in [-0.3, -0.25) is 14.2 Å². The number of carbonyl (C=O) groups is 2.